The number of carbonyl (C=O) groups is 1. The number of halogens is 2. The van der Waals surface area contributed by atoms with Crippen LogP contribution in [0.4, 0.5) is 5.69 Å². The van der Waals surface area contributed by atoms with Gasteiger partial charge in [-0.1, -0.05) is 35.3 Å². The first kappa shape index (κ1) is 14.3. The number of thiol groups is 1. The van der Waals surface area contributed by atoms with Gasteiger partial charge in [0.2, 0.25) is 5.91 Å². The third-order valence-corrected chi connectivity index (χ3v) is 3.37. The van der Waals surface area contributed by atoms with Crippen molar-refractivity contribution in [2.75, 3.05) is 5.32 Å². The molecule has 0 saturated heterocycles. The Labute approximate surface area is 127 Å². The summed E-state index contributed by atoms with van der Waals surface area (Å²) < 4.78 is 0. The van der Waals surface area contributed by atoms with Gasteiger partial charge in [0.25, 0.3) is 0 Å². The van der Waals surface area contributed by atoms with E-state index in [-0.39, 0.29) is 12.3 Å². The maximum Gasteiger partial charge on any atom is 0.228 e. The standard InChI is InChI=1S/C14H11Cl2NOS/c15-10-3-6-12(16)13(8-10)17-14(18)7-9-1-4-11(19)5-2-9/h1-6,8,19H,7H2,(H,17,18). The van der Waals surface area contributed by atoms with Gasteiger partial charge in [-0.2, -0.15) is 0 Å². The molecule has 0 radical (unpaired) electrons. The zero-order valence-electron chi connectivity index (χ0n) is 9.86. The first-order valence-electron chi connectivity index (χ1n) is 5.57. The normalized spacial score (nSPS) is 10.3. The number of carbonyl (C=O) groups excluding carboxylic acids is 1. The Morgan fingerprint density at radius 1 is 1.11 bits per heavy atom. The van der Waals surface area contributed by atoms with Gasteiger partial charge >= 0.3 is 0 Å². The van der Waals surface area contributed by atoms with Crippen molar-refractivity contribution >= 4 is 47.4 Å². The molecule has 2 aromatic rings. The van der Waals surface area contributed by atoms with Gasteiger partial charge in [-0.15, -0.1) is 12.6 Å². The molecule has 0 bridgehead atoms. The second-order valence-electron chi connectivity index (χ2n) is 4.02. The van der Waals surface area contributed by atoms with E-state index in [0.717, 1.165) is 10.5 Å². The molecule has 0 fully saturated rings. The number of benzene rings is 2. The Morgan fingerprint density at radius 2 is 1.79 bits per heavy atom. The molecule has 0 heterocycles. The lowest BCUT2D eigenvalue weighted by Crippen LogP contribution is -2.14. The smallest absolute Gasteiger partial charge is 0.228 e. The van der Waals surface area contributed by atoms with Crippen molar-refractivity contribution in [1.29, 1.82) is 0 Å². The van der Waals surface area contributed by atoms with Gasteiger partial charge in [-0.3, -0.25) is 4.79 Å². The Kier molecular flexibility index (Phi) is 4.75. The Bertz CT molecular complexity index is 599. The summed E-state index contributed by atoms with van der Waals surface area (Å²) in [4.78, 5) is 12.8. The molecular weight excluding hydrogens is 301 g/mol. The van der Waals surface area contributed by atoms with Gasteiger partial charge in [-0.25, -0.2) is 0 Å². The molecule has 0 unspecified atom stereocenters. The molecule has 2 nitrogen and oxygen atoms in total. The maximum absolute atomic E-state index is 11.9. The highest BCUT2D eigenvalue weighted by Crippen LogP contribution is 2.25. The van der Waals surface area contributed by atoms with Crippen molar-refractivity contribution in [2.24, 2.45) is 0 Å². The highest BCUT2D eigenvalue weighted by molar-refractivity contribution is 7.80. The van der Waals surface area contributed by atoms with Crippen molar-refractivity contribution in [3.63, 3.8) is 0 Å². The first-order valence-corrected chi connectivity index (χ1v) is 6.78. The van der Waals surface area contributed by atoms with E-state index in [1.54, 1.807) is 18.2 Å². The second kappa shape index (κ2) is 6.33. The Morgan fingerprint density at radius 3 is 2.47 bits per heavy atom. The molecule has 2 aromatic carbocycles. The topological polar surface area (TPSA) is 29.1 Å². The van der Waals surface area contributed by atoms with E-state index in [9.17, 15) is 4.79 Å². The number of nitrogens with one attached hydrogen (secondary N) is 1. The largest absolute Gasteiger partial charge is 0.324 e. The summed E-state index contributed by atoms with van der Waals surface area (Å²) in [6.07, 6.45) is 0.275. The fraction of sp³-hybridized carbons (Fsp3) is 0.0714. The molecular formula is C14H11Cl2NOS. The van der Waals surface area contributed by atoms with Crippen molar-refractivity contribution in [3.05, 3.63) is 58.1 Å². The number of hydrogen-bond donors (Lipinski definition) is 2. The predicted octanol–water partition coefficient (Wildman–Crippen LogP) is 4.46. The zero-order chi connectivity index (χ0) is 13.8. The van der Waals surface area contributed by atoms with Gasteiger partial charge in [0.1, 0.15) is 0 Å². The highest BCUT2D eigenvalue weighted by atomic mass is 35.5. The molecule has 98 valence electrons. The summed E-state index contributed by atoms with van der Waals surface area (Å²) in [6, 6.07) is 12.4. The van der Waals surface area contributed by atoms with Crippen LogP contribution in [0.25, 0.3) is 0 Å². The summed E-state index contributed by atoms with van der Waals surface area (Å²) in [7, 11) is 0. The van der Waals surface area contributed by atoms with Gasteiger partial charge < -0.3 is 5.32 Å². The quantitative estimate of drug-likeness (QED) is 0.805. The van der Waals surface area contributed by atoms with E-state index in [1.165, 1.54) is 0 Å². The molecule has 0 atom stereocenters. The SMILES string of the molecule is O=C(Cc1ccc(S)cc1)Nc1cc(Cl)ccc1Cl. The fourth-order valence-corrected chi connectivity index (χ4v) is 2.07. The Hall–Kier alpha value is -1.16. The van der Waals surface area contributed by atoms with Crippen LogP contribution in [0.2, 0.25) is 10.0 Å². The lowest BCUT2D eigenvalue weighted by atomic mass is 10.1. The number of amides is 1. The molecule has 1 N–H and O–H groups in total. The van der Waals surface area contributed by atoms with E-state index >= 15 is 0 Å². The molecule has 19 heavy (non-hydrogen) atoms. The minimum atomic E-state index is -0.143. The second-order valence-corrected chi connectivity index (χ2v) is 5.38. The number of anilines is 1. The maximum atomic E-state index is 11.9. The van der Waals surface area contributed by atoms with E-state index in [2.05, 4.69) is 17.9 Å². The van der Waals surface area contributed by atoms with Crippen LogP contribution in [0, 0.1) is 0 Å². The van der Waals surface area contributed by atoms with Crippen LogP contribution in [0.1, 0.15) is 5.56 Å². The first-order chi connectivity index (χ1) is 9.04. The highest BCUT2D eigenvalue weighted by Gasteiger charge is 2.07. The third-order valence-electron chi connectivity index (χ3n) is 2.50. The van der Waals surface area contributed by atoms with Crippen molar-refractivity contribution in [2.45, 2.75) is 11.3 Å². The number of rotatable bonds is 3. The van der Waals surface area contributed by atoms with Crippen molar-refractivity contribution in [1.82, 2.24) is 0 Å². The fourth-order valence-electron chi connectivity index (χ4n) is 1.59. The summed E-state index contributed by atoms with van der Waals surface area (Å²) in [5.74, 6) is -0.143. The van der Waals surface area contributed by atoms with Gasteiger partial charge in [0, 0.05) is 9.92 Å². The lowest BCUT2D eigenvalue weighted by molar-refractivity contribution is -0.115. The van der Waals surface area contributed by atoms with E-state index < -0.39 is 0 Å². The molecule has 2 rings (SSSR count). The minimum absolute atomic E-state index is 0.143. The van der Waals surface area contributed by atoms with E-state index in [4.69, 9.17) is 23.2 Å². The predicted molar refractivity (Wildman–Crippen MR) is 82.5 cm³/mol. The van der Waals surface area contributed by atoms with Crippen LogP contribution in [0.3, 0.4) is 0 Å². The molecule has 0 saturated carbocycles. The van der Waals surface area contributed by atoms with Gasteiger partial charge in [-0.05, 0) is 35.9 Å². The number of hydrogen-bond acceptors (Lipinski definition) is 2. The molecule has 5 heteroatoms. The van der Waals surface area contributed by atoms with E-state index in [1.807, 2.05) is 24.3 Å². The van der Waals surface area contributed by atoms with Crippen LogP contribution in [-0.2, 0) is 11.2 Å². The van der Waals surface area contributed by atoms with Crippen LogP contribution < -0.4 is 5.32 Å². The summed E-state index contributed by atoms with van der Waals surface area (Å²) in [5, 5.41) is 3.73. The monoisotopic (exact) mass is 311 g/mol. The van der Waals surface area contributed by atoms with Crippen LogP contribution >= 0.6 is 35.8 Å². The van der Waals surface area contributed by atoms with Crippen LogP contribution in [-0.4, -0.2) is 5.91 Å². The molecule has 0 aliphatic carbocycles. The van der Waals surface area contributed by atoms with Gasteiger partial charge in [0.15, 0.2) is 0 Å². The van der Waals surface area contributed by atoms with E-state index in [0.29, 0.717) is 15.7 Å². The molecule has 0 aliphatic heterocycles. The lowest BCUT2D eigenvalue weighted by Gasteiger charge is -2.08. The average Bonchev–Trinajstić information content (AvgIpc) is 2.37. The summed E-state index contributed by atoms with van der Waals surface area (Å²) in [6.45, 7) is 0. The Balaban J connectivity index is 2.05. The van der Waals surface area contributed by atoms with Crippen molar-refractivity contribution < 1.29 is 4.79 Å². The third kappa shape index (κ3) is 4.16. The van der Waals surface area contributed by atoms with Gasteiger partial charge in [0.05, 0.1) is 17.1 Å². The molecule has 0 spiro atoms. The van der Waals surface area contributed by atoms with Crippen LogP contribution in [0.5, 0.6) is 0 Å². The van der Waals surface area contributed by atoms with Crippen molar-refractivity contribution in [3.8, 4) is 0 Å². The summed E-state index contributed by atoms with van der Waals surface area (Å²) in [5.41, 5.74) is 1.43. The molecule has 1 amide bonds. The minimum Gasteiger partial charge on any atom is -0.324 e. The molecule has 0 aliphatic rings. The molecule has 0 aromatic heterocycles. The summed E-state index contributed by atoms with van der Waals surface area (Å²) >= 11 is 16.0. The van der Waals surface area contributed by atoms with Crippen LogP contribution in [0.15, 0.2) is 47.4 Å². The zero-order valence-corrected chi connectivity index (χ0v) is 12.3. The average molecular weight is 312 g/mol.